The van der Waals surface area contributed by atoms with E-state index in [1.54, 1.807) is 36.2 Å². The van der Waals surface area contributed by atoms with Gasteiger partial charge in [-0.2, -0.15) is 0 Å². The normalized spacial score (nSPS) is 13.7. The van der Waals surface area contributed by atoms with Gasteiger partial charge in [0, 0.05) is 38.7 Å². The molecule has 1 aliphatic rings. The zero-order chi connectivity index (χ0) is 19.4. The minimum atomic E-state index is -0.448. The molecule has 1 fully saturated rings. The lowest BCUT2D eigenvalue weighted by Crippen LogP contribution is -2.26. The largest absolute Gasteiger partial charge is 0.494 e. The van der Waals surface area contributed by atoms with Gasteiger partial charge >= 0.3 is 0 Å². The molecule has 0 saturated carbocycles. The van der Waals surface area contributed by atoms with Crippen molar-refractivity contribution in [3.05, 3.63) is 65.0 Å². The van der Waals surface area contributed by atoms with Gasteiger partial charge in [-0.3, -0.25) is 9.59 Å². The second-order valence-corrected chi connectivity index (χ2v) is 6.75. The smallest absolute Gasteiger partial charge is 0.253 e. The van der Waals surface area contributed by atoms with Crippen molar-refractivity contribution >= 4 is 11.8 Å². The number of ether oxygens (including phenoxy) is 1. The quantitative estimate of drug-likeness (QED) is 0.784. The lowest BCUT2D eigenvalue weighted by Gasteiger charge is -2.19. The van der Waals surface area contributed by atoms with E-state index >= 15 is 0 Å². The Kier molecular flexibility index (Phi) is 5.74. The van der Waals surface area contributed by atoms with Crippen molar-refractivity contribution in [3.63, 3.8) is 0 Å². The standard InChI is InChI=1S/C21H23FN2O3/c1-23(13-16-7-10-19(27-2)18(22)12-16)21(26)17-8-5-15(6-9-17)14-24-11-3-4-20(24)25/h5-10,12H,3-4,11,13-14H2,1-2H3. The highest BCUT2D eigenvalue weighted by Crippen LogP contribution is 2.19. The SMILES string of the molecule is COc1ccc(CN(C)C(=O)c2ccc(CN3CCCC3=O)cc2)cc1F. The van der Waals surface area contributed by atoms with Gasteiger partial charge in [-0.05, 0) is 41.8 Å². The van der Waals surface area contributed by atoms with E-state index in [0.29, 0.717) is 30.6 Å². The molecule has 6 heteroatoms. The van der Waals surface area contributed by atoms with Gasteiger partial charge in [-0.15, -0.1) is 0 Å². The lowest BCUT2D eigenvalue weighted by atomic mass is 10.1. The summed E-state index contributed by atoms with van der Waals surface area (Å²) >= 11 is 0. The summed E-state index contributed by atoms with van der Waals surface area (Å²) in [6.07, 6.45) is 1.53. The molecule has 0 aromatic heterocycles. The van der Waals surface area contributed by atoms with E-state index in [9.17, 15) is 14.0 Å². The highest BCUT2D eigenvalue weighted by atomic mass is 19.1. The van der Waals surface area contributed by atoms with E-state index in [0.717, 1.165) is 18.5 Å². The maximum absolute atomic E-state index is 13.8. The predicted octanol–water partition coefficient (Wildman–Crippen LogP) is 3.23. The molecule has 27 heavy (non-hydrogen) atoms. The number of benzene rings is 2. The highest BCUT2D eigenvalue weighted by molar-refractivity contribution is 5.94. The summed E-state index contributed by atoms with van der Waals surface area (Å²) in [7, 11) is 3.10. The van der Waals surface area contributed by atoms with Crippen molar-refractivity contribution in [1.29, 1.82) is 0 Å². The third kappa shape index (κ3) is 4.45. The number of hydrogen-bond donors (Lipinski definition) is 0. The fourth-order valence-corrected chi connectivity index (χ4v) is 3.22. The summed E-state index contributed by atoms with van der Waals surface area (Å²) < 4.78 is 18.7. The van der Waals surface area contributed by atoms with Crippen LogP contribution >= 0.6 is 0 Å². The fourth-order valence-electron chi connectivity index (χ4n) is 3.22. The van der Waals surface area contributed by atoms with Crippen LogP contribution in [0.4, 0.5) is 4.39 Å². The van der Waals surface area contributed by atoms with E-state index < -0.39 is 5.82 Å². The third-order valence-electron chi connectivity index (χ3n) is 4.73. The predicted molar refractivity (Wildman–Crippen MR) is 99.8 cm³/mol. The molecule has 1 saturated heterocycles. The van der Waals surface area contributed by atoms with Gasteiger partial charge in [0.2, 0.25) is 5.91 Å². The fraction of sp³-hybridized carbons (Fsp3) is 0.333. The second-order valence-electron chi connectivity index (χ2n) is 6.75. The first-order valence-electron chi connectivity index (χ1n) is 8.92. The molecular weight excluding hydrogens is 347 g/mol. The van der Waals surface area contributed by atoms with Crippen LogP contribution in [0.25, 0.3) is 0 Å². The van der Waals surface area contributed by atoms with E-state index in [2.05, 4.69) is 0 Å². The molecule has 2 aromatic rings. The van der Waals surface area contributed by atoms with Gasteiger partial charge in [0.15, 0.2) is 11.6 Å². The van der Waals surface area contributed by atoms with Gasteiger partial charge in [-0.25, -0.2) is 4.39 Å². The molecule has 2 aromatic carbocycles. The molecule has 0 radical (unpaired) electrons. The molecule has 0 aliphatic carbocycles. The van der Waals surface area contributed by atoms with Crippen molar-refractivity contribution < 1.29 is 18.7 Å². The van der Waals surface area contributed by atoms with Gasteiger partial charge in [0.25, 0.3) is 5.91 Å². The van der Waals surface area contributed by atoms with E-state index in [4.69, 9.17) is 4.74 Å². The average Bonchev–Trinajstić information content (AvgIpc) is 3.06. The van der Waals surface area contributed by atoms with Gasteiger partial charge in [-0.1, -0.05) is 18.2 Å². The van der Waals surface area contributed by atoms with Crippen molar-refractivity contribution in [2.45, 2.75) is 25.9 Å². The van der Waals surface area contributed by atoms with Crippen LogP contribution in [0.3, 0.4) is 0 Å². The first-order chi connectivity index (χ1) is 13.0. The van der Waals surface area contributed by atoms with Crippen LogP contribution in [-0.4, -0.2) is 42.3 Å². The van der Waals surface area contributed by atoms with E-state index in [-0.39, 0.29) is 17.6 Å². The Morgan fingerprint density at radius 1 is 1.19 bits per heavy atom. The van der Waals surface area contributed by atoms with Crippen LogP contribution in [0, 0.1) is 5.82 Å². The molecule has 1 aliphatic heterocycles. The van der Waals surface area contributed by atoms with Crippen molar-refractivity contribution in [1.82, 2.24) is 9.80 Å². The van der Waals surface area contributed by atoms with Crippen molar-refractivity contribution in [3.8, 4) is 5.75 Å². The molecule has 1 heterocycles. The zero-order valence-corrected chi connectivity index (χ0v) is 15.6. The second kappa shape index (κ2) is 8.20. The number of hydrogen-bond acceptors (Lipinski definition) is 3. The van der Waals surface area contributed by atoms with Gasteiger partial charge in [0.05, 0.1) is 7.11 Å². The Hall–Kier alpha value is -2.89. The van der Waals surface area contributed by atoms with Gasteiger partial charge in [0.1, 0.15) is 0 Å². The monoisotopic (exact) mass is 370 g/mol. The van der Waals surface area contributed by atoms with Crippen molar-refractivity contribution in [2.24, 2.45) is 0 Å². The Morgan fingerprint density at radius 3 is 2.48 bits per heavy atom. The molecule has 0 atom stereocenters. The maximum atomic E-state index is 13.8. The summed E-state index contributed by atoms with van der Waals surface area (Å²) in [5.74, 6) is -0.229. The van der Waals surface area contributed by atoms with Crippen LogP contribution in [0.5, 0.6) is 5.75 Å². The number of methoxy groups -OCH3 is 1. The van der Waals surface area contributed by atoms with Crippen LogP contribution < -0.4 is 4.74 Å². The third-order valence-corrected chi connectivity index (χ3v) is 4.73. The van der Waals surface area contributed by atoms with E-state index in [1.807, 2.05) is 17.0 Å². The summed E-state index contributed by atoms with van der Waals surface area (Å²) in [4.78, 5) is 27.7. The van der Waals surface area contributed by atoms with Crippen LogP contribution in [0.1, 0.15) is 34.3 Å². The Morgan fingerprint density at radius 2 is 1.89 bits per heavy atom. The molecule has 2 amide bonds. The molecule has 0 bridgehead atoms. The topological polar surface area (TPSA) is 49.9 Å². The number of halogens is 1. The highest BCUT2D eigenvalue weighted by Gasteiger charge is 2.20. The molecule has 0 unspecified atom stereocenters. The summed E-state index contributed by atoms with van der Waals surface area (Å²) in [5.41, 5.74) is 2.25. The lowest BCUT2D eigenvalue weighted by molar-refractivity contribution is -0.128. The Labute approximate surface area is 158 Å². The molecule has 5 nitrogen and oxygen atoms in total. The van der Waals surface area contributed by atoms with Crippen LogP contribution in [0.2, 0.25) is 0 Å². The molecular formula is C21H23FN2O3. The first-order valence-corrected chi connectivity index (χ1v) is 8.92. The number of likely N-dealkylation sites (tertiary alicyclic amines) is 1. The number of carbonyl (C=O) groups is 2. The average molecular weight is 370 g/mol. The van der Waals surface area contributed by atoms with Crippen LogP contribution in [0.15, 0.2) is 42.5 Å². The number of rotatable bonds is 6. The number of carbonyl (C=O) groups excluding carboxylic acids is 2. The Bertz CT molecular complexity index is 836. The Balaban J connectivity index is 1.62. The van der Waals surface area contributed by atoms with Crippen molar-refractivity contribution in [2.75, 3.05) is 20.7 Å². The molecule has 3 rings (SSSR count). The minimum Gasteiger partial charge on any atom is -0.494 e. The number of nitrogens with zero attached hydrogens (tertiary/aromatic N) is 2. The summed E-state index contributed by atoms with van der Waals surface area (Å²) in [5, 5.41) is 0. The molecule has 142 valence electrons. The van der Waals surface area contributed by atoms with E-state index in [1.165, 1.54) is 13.2 Å². The molecule has 0 spiro atoms. The van der Waals surface area contributed by atoms with Crippen LogP contribution in [-0.2, 0) is 17.9 Å². The molecule has 0 N–H and O–H groups in total. The first kappa shape index (κ1) is 18.9. The zero-order valence-electron chi connectivity index (χ0n) is 15.6. The minimum absolute atomic E-state index is 0.143. The summed E-state index contributed by atoms with van der Waals surface area (Å²) in [6.45, 7) is 1.67. The number of amides is 2. The maximum Gasteiger partial charge on any atom is 0.253 e. The van der Waals surface area contributed by atoms with Gasteiger partial charge < -0.3 is 14.5 Å². The summed E-state index contributed by atoms with van der Waals surface area (Å²) in [6, 6.07) is 11.9.